The van der Waals surface area contributed by atoms with Gasteiger partial charge in [0, 0.05) is 23.7 Å². The maximum atomic E-state index is 6.06. The number of nitrogens with two attached hydrogens (primary N) is 1. The van der Waals surface area contributed by atoms with E-state index in [1.54, 1.807) is 0 Å². The number of aromatic nitrogens is 3. The number of pyridine rings is 1. The van der Waals surface area contributed by atoms with E-state index >= 15 is 0 Å². The summed E-state index contributed by atoms with van der Waals surface area (Å²) in [5, 5.41) is 8.60. The predicted molar refractivity (Wildman–Crippen MR) is 91.8 cm³/mol. The minimum atomic E-state index is 0.519. The van der Waals surface area contributed by atoms with Gasteiger partial charge in [0.1, 0.15) is 11.6 Å². The van der Waals surface area contributed by atoms with Gasteiger partial charge in [-0.15, -0.1) is 0 Å². The van der Waals surface area contributed by atoms with Gasteiger partial charge in [-0.3, -0.25) is 5.10 Å². The number of ether oxygens (including phenoxy) is 1. The normalized spacial score (nSPS) is 15.3. The lowest BCUT2D eigenvalue weighted by Gasteiger charge is -2.28. The monoisotopic (exact) mass is 329 g/mol. The van der Waals surface area contributed by atoms with E-state index < -0.39 is 0 Å². The highest BCUT2D eigenvalue weighted by Crippen LogP contribution is 2.34. The second-order valence-electron chi connectivity index (χ2n) is 5.47. The van der Waals surface area contributed by atoms with Crippen molar-refractivity contribution in [2.75, 3.05) is 36.9 Å². The number of morpholine rings is 1. The Labute approximate surface area is 138 Å². The first-order valence-electron chi connectivity index (χ1n) is 7.45. The Morgan fingerprint density at radius 2 is 1.91 bits per heavy atom. The molecule has 7 heteroatoms. The van der Waals surface area contributed by atoms with Gasteiger partial charge in [-0.2, -0.15) is 5.10 Å². The van der Waals surface area contributed by atoms with E-state index in [0.717, 1.165) is 35.4 Å². The number of hydrogen-bond donors (Lipinski definition) is 2. The van der Waals surface area contributed by atoms with Crippen LogP contribution in [0.4, 0.5) is 11.6 Å². The highest BCUT2D eigenvalue weighted by atomic mass is 35.5. The summed E-state index contributed by atoms with van der Waals surface area (Å²) in [6, 6.07) is 9.75. The molecule has 118 valence electrons. The van der Waals surface area contributed by atoms with Crippen LogP contribution in [0.5, 0.6) is 0 Å². The second-order valence-corrected chi connectivity index (χ2v) is 5.91. The molecule has 3 aromatic rings. The van der Waals surface area contributed by atoms with Gasteiger partial charge in [0.05, 0.1) is 18.6 Å². The van der Waals surface area contributed by atoms with Crippen molar-refractivity contribution in [3.8, 4) is 11.1 Å². The molecule has 0 spiro atoms. The van der Waals surface area contributed by atoms with E-state index in [-0.39, 0.29) is 0 Å². The minimum Gasteiger partial charge on any atom is -0.383 e. The summed E-state index contributed by atoms with van der Waals surface area (Å²) in [4.78, 5) is 6.85. The molecule has 0 radical (unpaired) electrons. The first-order chi connectivity index (χ1) is 11.2. The molecule has 2 aromatic heterocycles. The number of halogens is 1. The highest BCUT2D eigenvalue weighted by molar-refractivity contribution is 6.30. The molecule has 0 atom stereocenters. The number of nitrogen functional groups attached to an aromatic ring is 1. The molecule has 0 unspecified atom stereocenters. The second kappa shape index (κ2) is 5.72. The third-order valence-electron chi connectivity index (χ3n) is 4.03. The van der Waals surface area contributed by atoms with E-state index in [1.807, 2.05) is 24.3 Å². The third kappa shape index (κ3) is 2.60. The minimum absolute atomic E-state index is 0.519. The first kappa shape index (κ1) is 14.3. The van der Waals surface area contributed by atoms with Gasteiger partial charge in [0.15, 0.2) is 5.65 Å². The van der Waals surface area contributed by atoms with Crippen LogP contribution in [0.25, 0.3) is 22.2 Å². The van der Waals surface area contributed by atoms with Crippen molar-refractivity contribution in [2.24, 2.45) is 0 Å². The van der Waals surface area contributed by atoms with Crippen LogP contribution in [-0.2, 0) is 4.74 Å². The largest absolute Gasteiger partial charge is 0.383 e. The molecule has 3 heterocycles. The SMILES string of the molecule is Nc1[nH]nc2nc(N3CCOCC3)cc(-c3ccc(Cl)cc3)c12. The van der Waals surface area contributed by atoms with Crippen LogP contribution in [-0.4, -0.2) is 41.5 Å². The van der Waals surface area contributed by atoms with Crippen molar-refractivity contribution < 1.29 is 4.74 Å². The zero-order chi connectivity index (χ0) is 15.8. The predicted octanol–water partition coefficient (Wildman–Crippen LogP) is 2.70. The molecule has 1 aliphatic heterocycles. The van der Waals surface area contributed by atoms with E-state index in [1.165, 1.54) is 0 Å². The van der Waals surface area contributed by atoms with Gasteiger partial charge in [-0.05, 0) is 23.8 Å². The van der Waals surface area contributed by atoms with Gasteiger partial charge in [0.2, 0.25) is 0 Å². The fourth-order valence-electron chi connectivity index (χ4n) is 2.85. The lowest BCUT2D eigenvalue weighted by atomic mass is 10.0. The summed E-state index contributed by atoms with van der Waals surface area (Å²) in [6.45, 7) is 3.05. The Balaban J connectivity index is 1.89. The van der Waals surface area contributed by atoms with Gasteiger partial charge in [0.25, 0.3) is 0 Å². The van der Waals surface area contributed by atoms with E-state index in [9.17, 15) is 0 Å². The summed E-state index contributed by atoms with van der Waals surface area (Å²) in [5.41, 5.74) is 8.71. The van der Waals surface area contributed by atoms with E-state index in [2.05, 4.69) is 26.1 Å². The van der Waals surface area contributed by atoms with E-state index in [4.69, 9.17) is 22.1 Å². The van der Waals surface area contributed by atoms with Crippen molar-refractivity contribution in [1.29, 1.82) is 0 Å². The topological polar surface area (TPSA) is 80.1 Å². The fraction of sp³-hybridized carbons (Fsp3) is 0.250. The number of nitrogens with zero attached hydrogens (tertiary/aromatic N) is 3. The van der Waals surface area contributed by atoms with Crippen molar-refractivity contribution in [3.63, 3.8) is 0 Å². The molecule has 4 rings (SSSR count). The summed E-state index contributed by atoms with van der Waals surface area (Å²) in [5.74, 6) is 1.41. The lowest BCUT2D eigenvalue weighted by molar-refractivity contribution is 0.122. The number of hydrogen-bond acceptors (Lipinski definition) is 5. The lowest BCUT2D eigenvalue weighted by Crippen LogP contribution is -2.36. The summed E-state index contributed by atoms with van der Waals surface area (Å²) in [7, 11) is 0. The molecule has 0 aliphatic carbocycles. The highest BCUT2D eigenvalue weighted by Gasteiger charge is 2.18. The number of anilines is 2. The zero-order valence-corrected chi connectivity index (χ0v) is 13.2. The summed E-state index contributed by atoms with van der Waals surface area (Å²) < 4.78 is 5.41. The van der Waals surface area contributed by atoms with Crippen LogP contribution in [0.1, 0.15) is 0 Å². The number of aromatic amines is 1. The maximum absolute atomic E-state index is 6.06. The van der Waals surface area contributed by atoms with Gasteiger partial charge in [-0.1, -0.05) is 23.7 Å². The molecule has 1 fully saturated rings. The van der Waals surface area contributed by atoms with Crippen molar-refractivity contribution in [1.82, 2.24) is 15.2 Å². The van der Waals surface area contributed by atoms with Crippen LogP contribution in [0.15, 0.2) is 30.3 Å². The number of rotatable bonds is 2. The number of nitrogens with one attached hydrogen (secondary N) is 1. The Morgan fingerprint density at radius 1 is 1.17 bits per heavy atom. The molecule has 23 heavy (non-hydrogen) atoms. The molecule has 0 amide bonds. The summed E-state index contributed by atoms with van der Waals surface area (Å²) >= 11 is 6.00. The average Bonchev–Trinajstić information content (AvgIpc) is 2.97. The van der Waals surface area contributed by atoms with Crippen LogP contribution in [0.2, 0.25) is 5.02 Å². The van der Waals surface area contributed by atoms with Crippen molar-refractivity contribution in [2.45, 2.75) is 0 Å². The Kier molecular flexibility index (Phi) is 3.55. The third-order valence-corrected chi connectivity index (χ3v) is 4.28. The van der Waals surface area contributed by atoms with Crippen molar-refractivity contribution in [3.05, 3.63) is 35.4 Å². The molecule has 1 saturated heterocycles. The van der Waals surface area contributed by atoms with E-state index in [0.29, 0.717) is 29.7 Å². The van der Waals surface area contributed by atoms with Crippen LogP contribution in [0, 0.1) is 0 Å². The molecular formula is C16H16ClN5O. The Bertz CT molecular complexity index is 840. The molecule has 3 N–H and O–H groups in total. The quantitative estimate of drug-likeness (QED) is 0.755. The number of benzene rings is 1. The first-order valence-corrected chi connectivity index (χ1v) is 7.83. The van der Waals surface area contributed by atoms with Crippen LogP contribution in [0.3, 0.4) is 0 Å². The Hall–Kier alpha value is -2.31. The van der Waals surface area contributed by atoms with Crippen molar-refractivity contribution >= 4 is 34.3 Å². The maximum Gasteiger partial charge on any atom is 0.185 e. The van der Waals surface area contributed by atoms with Gasteiger partial charge in [-0.25, -0.2) is 4.98 Å². The Morgan fingerprint density at radius 3 is 2.65 bits per heavy atom. The molecule has 1 aromatic carbocycles. The van der Waals surface area contributed by atoms with Crippen LogP contribution >= 0.6 is 11.6 Å². The van der Waals surface area contributed by atoms with Gasteiger partial charge >= 0.3 is 0 Å². The molecule has 0 bridgehead atoms. The molecule has 1 aliphatic rings. The number of fused-ring (bicyclic) bond motifs is 1. The molecule has 6 nitrogen and oxygen atoms in total. The van der Waals surface area contributed by atoms with Gasteiger partial charge < -0.3 is 15.4 Å². The summed E-state index contributed by atoms with van der Waals surface area (Å²) in [6.07, 6.45) is 0. The fourth-order valence-corrected chi connectivity index (χ4v) is 2.97. The smallest absolute Gasteiger partial charge is 0.185 e. The average molecular weight is 330 g/mol. The molecular weight excluding hydrogens is 314 g/mol. The standard InChI is InChI=1S/C16H16ClN5O/c17-11-3-1-10(2-4-11)12-9-13(22-5-7-23-8-6-22)19-16-14(12)15(18)20-21-16/h1-4,9H,5-8H2,(H3,18,19,20,21). The number of H-pyrrole nitrogens is 1. The molecule has 0 saturated carbocycles. The van der Waals surface area contributed by atoms with Crippen LogP contribution < -0.4 is 10.6 Å². The zero-order valence-electron chi connectivity index (χ0n) is 12.4.